The standard InChI is InChI=1S/C18H25N5O2/c1-25-16-6-4-5-15(11-16)17(22-8-2-3-9-22)12-20-18(24)7-10-23-14-19-13-21-23/h4-6,11,13-14,17H,2-3,7-10,12H2,1H3,(H,20,24)/t17-/m1/s1. The molecule has 2 aromatic rings. The fraction of sp³-hybridized carbons (Fsp3) is 0.500. The Hall–Kier alpha value is -2.41. The van der Waals surface area contributed by atoms with Crippen molar-refractivity contribution in [1.29, 1.82) is 0 Å². The lowest BCUT2D eigenvalue weighted by molar-refractivity contribution is -0.121. The van der Waals surface area contributed by atoms with Crippen molar-refractivity contribution >= 4 is 5.91 Å². The van der Waals surface area contributed by atoms with Crippen LogP contribution >= 0.6 is 0 Å². The van der Waals surface area contributed by atoms with E-state index in [-0.39, 0.29) is 11.9 Å². The topological polar surface area (TPSA) is 72.3 Å². The van der Waals surface area contributed by atoms with Gasteiger partial charge in [0.05, 0.1) is 19.7 Å². The zero-order valence-electron chi connectivity index (χ0n) is 14.6. The second kappa shape index (κ2) is 8.62. The van der Waals surface area contributed by atoms with E-state index in [0.29, 0.717) is 19.5 Å². The van der Waals surface area contributed by atoms with Crippen molar-refractivity contribution in [2.24, 2.45) is 0 Å². The number of aryl methyl sites for hydroxylation is 1. The Morgan fingerprint density at radius 2 is 2.20 bits per heavy atom. The van der Waals surface area contributed by atoms with Gasteiger partial charge in [-0.25, -0.2) is 4.98 Å². The van der Waals surface area contributed by atoms with Crippen LogP contribution in [0.15, 0.2) is 36.9 Å². The lowest BCUT2D eigenvalue weighted by Gasteiger charge is -2.28. The Bertz CT molecular complexity index is 668. The van der Waals surface area contributed by atoms with E-state index in [1.165, 1.54) is 24.7 Å². The van der Waals surface area contributed by atoms with E-state index in [4.69, 9.17) is 4.74 Å². The van der Waals surface area contributed by atoms with Crippen LogP contribution in [-0.2, 0) is 11.3 Å². The molecule has 7 heteroatoms. The summed E-state index contributed by atoms with van der Waals surface area (Å²) in [6, 6.07) is 8.29. The first kappa shape index (κ1) is 17.4. The highest BCUT2D eigenvalue weighted by Gasteiger charge is 2.24. The molecule has 1 amide bonds. The Balaban J connectivity index is 1.60. The van der Waals surface area contributed by atoms with Crippen LogP contribution in [0.2, 0.25) is 0 Å². The Morgan fingerprint density at radius 1 is 1.36 bits per heavy atom. The molecule has 134 valence electrons. The van der Waals surface area contributed by atoms with Crippen molar-refractivity contribution in [1.82, 2.24) is 25.0 Å². The van der Waals surface area contributed by atoms with Crippen LogP contribution in [0.1, 0.15) is 30.9 Å². The molecular weight excluding hydrogens is 318 g/mol. The lowest BCUT2D eigenvalue weighted by atomic mass is 10.0. The number of hydrogen-bond donors (Lipinski definition) is 1. The van der Waals surface area contributed by atoms with E-state index < -0.39 is 0 Å². The second-order valence-corrected chi connectivity index (χ2v) is 6.25. The number of likely N-dealkylation sites (tertiary alicyclic amines) is 1. The summed E-state index contributed by atoms with van der Waals surface area (Å²) in [5.74, 6) is 0.877. The van der Waals surface area contributed by atoms with Gasteiger partial charge in [0.1, 0.15) is 18.4 Å². The molecule has 1 fully saturated rings. The quantitative estimate of drug-likeness (QED) is 0.789. The average molecular weight is 343 g/mol. The minimum atomic E-state index is 0.0302. The zero-order valence-corrected chi connectivity index (χ0v) is 14.6. The van der Waals surface area contributed by atoms with Crippen molar-refractivity contribution < 1.29 is 9.53 Å². The molecule has 7 nitrogen and oxygen atoms in total. The summed E-state index contributed by atoms with van der Waals surface area (Å²) in [5.41, 5.74) is 1.18. The van der Waals surface area contributed by atoms with Crippen LogP contribution in [-0.4, -0.2) is 52.3 Å². The maximum atomic E-state index is 12.2. The molecule has 0 unspecified atom stereocenters. The minimum Gasteiger partial charge on any atom is -0.497 e. The van der Waals surface area contributed by atoms with E-state index in [0.717, 1.165) is 18.8 Å². The van der Waals surface area contributed by atoms with Crippen LogP contribution in [0, 0.1) is 0 Å². The van der Waals surface area contributed by atoms with Gasteiger partial charge in [0, 0.05) is 13.0 Å². The fourth-order valence-corrected chi connectivity index (χ4v) is 3.22. The summed E-state index contributed by atoms with van der Waals surface area (Å²) in [5, 5.41) is 7.09. The predicted octanol–water partition coefficient (Wildman–Crippen LogP) is 1.63. The summed E-state index contributed by atoms with van der Waals surface area (Å²) in [7, 11) is 1.68. The van der Waals surface area contributed by atoms with Gasteiger partial charge in [0.25, 0.3) is 0 Å². The average Bonchev–Trinajstić information content (AvgIpc) is 3.34. The Morgan fingerprint density at radius 3 is 2.92 bits per heavy atom. The number of carbonyl (C=O) groups is 1. The highest BCUT2D eigenvalue weighted by Crippen LogP contribution is 2.27. The van der Waals surface area contributed by atoms with E-state index in [1.807, 2.05) is 12.1 Å². The molecule has 0 saturated carbocycles. The molecule has 1 aromatic heterocycles. The van der Waals surface area contributed by atoms with Gasteiger partial charge in [0.2, 0.25) is 5.91 Å². The molecule has 1 aliphatic heterocycles. The molecule has 2 heterocycles. The summed E-state index contributed by atoms with van der Waals surface area (Å²) < 4.78 is 7.02. The van der Waals surface area contributed by atoms with Crippen LogP contribution < -0.4 is 10.1 Å². The number of benzene rings is 1. The van der Waals surface area contributed by atoms with Crippen molar-refractivity contribution in [2.45, 2.75) is 31.8 Å². The molecule has 0 bridgehead atoms. The Kier molecular flexibility index (Phi) is 6.00. The number of ether oxygens (including phenoxy) is 1. The van der Waals surface area contributed by atoms with Gasteiger partial charge in [-0.3, -0.25) is 14.4 Å². The number of nitrogens with zero attached hydrogens (tertiary/aromatic N) is 4. The van der Waals surface area contributed by atoms with Crippen molar-refractivity contribution in [3.8, 4) is 5.75 Å². The van der Waals surface area contributed by atoms with Gasteiger partial charge < -0.3 is 10.1 Å². The van der Waals surface area contributed by atoms with Crippen LogP contribution in [0.4, 0.5) is 0 Å². The zero-order chi connectivity index (χ0) is 17.5. The molecule has 1 saturated heterocycles. The largest absolute Gasteiger partial charge is 0.497 e. The molecule has 25 heavy (non-hydrogen) atoms. The maximum absolute atomic E-state index is 12.2. The van der Waals surface area contributed by atoms with Gasteiger partial charge in [-0.2, -0.15) is 5.10 Å². The smallest absolute Gasteiger partial charge is 0.221 e. The number of hydrogen-bond acceptors (Lipinski definition) is 5. The lowest BCUT2D eigenvalue weighted by Crippen LogP contribution is -2.37. The van der Waals surface area contributed by atoms with E-state index in [1.54, 1.807) is 18.1 Å². The molecule has 1 atom stereocenters. The third kappa shape index (κ3) is 4.79. The van der Waals surface area contributed by atoms with E-state index in [9.17, 15) is 4.79 Å². The predicted molar refractivity (Wildman–Crippen MR) is 94.2 cm³/mol. The number of rotatable bonds is 8. The molecule has 0 radical (unpaired) electrons. The van der Waals surface area contributed by atoms with Crippen LogP contribution in [0.5, 0.6) is 5.75 Å². The molecule has 1 aromatic carbocycles. The first-order valence-corrected chi connectivity index (χ1v) is 8.73. The van der Waals surface area contributed by atoms with Gasteiger partial charge in [-0.15, -0.1) is 0 Å². The molecular formula is C18H25N5O2. The number of nitrogens with one attached hydrogen (secondary N) is 1. The number of carbonyl (C=O) groups excluding carboxylic acids is 1. The third-order valence-corrected chi connectivity index (χ3v) is 4.59. The van der Waals surface area contributed by atoms with Gasteiger partial charge in [-0.1, -0.05) is 12.1 Å². The van der Waals surface area contributed by atoms with Crippen LogP contribution in [0.25, 0.3) is 0 Å². The van der Waals surface area contributed by atoms with E-state index in [2.05, 4.69) is 32.4 Å². The highest BCUT2D eigenvalue weighted by molar-refractivity contribution is 5.75. The molecule has 1 N–H and O–H groups in total. The fourth-order valence-electron chi connectivity index (χ4n) is 3.22. The van der Waals surface area contributed by atoms with Crippen molar-refractivity contribution in [3.05, 3.63) is 42.5 Å². The SMILES string of the molecule is COc1cccc([C@@H](CNC(=O)CCn2cncn2)N2CCCC2)c1. The first-order valence-electron chi connectivity index (χ1n) is 8.73. The van der Waals surface area contributed by atoms with Gasteiger partial charge in [0.15, 0.2) is 0 Å². The monoisotopic (exact) mass is 343 g/mol. The van der Waals surface area contributed by atoms with Crippen molar-refractivity contribution in [3.63, 3.8) is 0 Å². The second-order valence-electron chi connectivity index (χ2n) is 6.25. The molecule has 0 spiro atoms. The number of methoxy groups -OCH3 is 1. The summed E-state index contributed by atoms with van der Waals surface area (Å²) >= 11 is 0. The summed E-state index contributed by atoms with van der Waals surface area (Å²) in [6.45, 7) is 3.27. The first-order chi connectivity index (χ1) is 12.3. The highest BCUT2D eigenvalue weighted by atomic mass is 16.5. The summed E-state index contributed by atoms with van der Waals surface area (Å²) in [4.78, 5) is 18.5. The minimum absolute atomic E-state index is 0.0302. The maximum Gasteiger partial charge on any atom is 0.221 e. The summed E-state index contributed by atoms with van der Waals surface area (Å²) in [6.07, 6.45) is 5.91. The molecule has 1 aliphatic rings. The normalized spacial score (nSPS) is 15.9. The molecule has 0 aliphatic carbocycles. The number of amides is 1. The van der Waals surface area contributed by atoms with E-state index >= 15 is 0 Å². The Labute approximate surface area is 148 Å². The number of aromatic nitrogens is 3. The van der Waals surface area contributed by atoms with Crippen molar-refractivity contribution in [2.75, 3.05) is 26.7 Å². The van der Waals surface area contributed by atoms with Gasteiger partial charge in [-0.05, 0) is 43.6 Å². The molecule has 3 rings (SSSR count). The third-order valence-electron chi connectivity index (χ3n) is 4.59. The van der Waals surface area contributed by atoms with Gasteiger partial charge >= 0.3 is 0 Å². The van der Waals surface area contributed by atoms with Crippen LogP contribution in [0.3, 0.4) is 0 Å².